The highest BCUT2D eigenvalue weighted by Gasteiger charge is 2.33. The maximum Gasteiger partial charge on any atom is 0.416 e. The summed E-state index contributed by atoms with van der Waals surface area (Å²) in [6.07, 6.45) is -2.98. The highest BCUT2D eigenvalue weighted by Crippen LogP contribution is 2.42. The topological polar surface area (TPSA) is 58.0 Å². The summed E-state index contributed by atoms with van der Waals surface area (Å²) in [4.78, 5) is 25.2. The number of amidine groups is 1. The van der Waals surface area contributed by atoms with E-state index in [1.165, 1.54) is 12.3 Å². The Balaban J connectivity index is 1.47. The molecule has 6 nitrogen and oxygen atoms in total. The zero-order valence-electron chi connectivity index (χ0n) is 18.6. The van der Waals surface area contributed by atoms with Gasteiger partial charge in [-0.25, -0.2) is 9.98 Å². The molecule has 0 radical (unpaired) electrons. The number of piperazine rings is 1. The molecular weight excluding hydrogens is 481 g/mol. The van der Waals surface area contributed by atoms with Crippen molar-refractivity contribution in [2.75, 3.05) is 26.2 Å². The largest absolute Gasteiger partial charge is 0.454 e. The van der Waals surface area contributed by atoms with Crippen LogP contribution in [0.25, 0.3) is 0 Å². The van der Waals surface area contributed by atoms with E-state index in [2.05, 4.69) is 9.98 Å². The van der Waals surface area contributed by atoms with E-state index in [0.29, 0.717) is 48.9 Å². The zero-order chi connectivity index (χ0) is 24.7. The number of ether oxygens (including phenoxy) is 1. The van der Waals surface area contributed by atoms with Crippen LogP contribution in [-0.4, -0.2) is 52.7 Å². The van der Waals surface area contributed by atoms with Gasteiger partial charge in [0, 0.05) is 32.4 Å². The van der Waals surface area contributed by atoms with Gasteiger partial charge in [0.15, 0.2) is 5.75 Å². The van der Waals surface area contributed by atoms with Crippen LogP contribution in [0.15, 0.2) is 59.7 Å². The van der Waals surface area contributed by atoms with Gasteiger partial charge in [-0.15, -0.1) is 0 Å². The Morgan fingerprint density at radius 3 is 2.49 bits per heavy atom. The van der Waals surface area contributed by atoms with E-state index in [-0.39, 0.29) is 22.5 Å². The number of hydrogen-bond donors (Lipinski definition) is 0. The summed E-state index contributed by atoms with van der Waals surface area (Å²) in [5.41, 5.74) is 1.28. The predicted molar refractivity (Wildman–Crippen MR) is 126 cm³/mol. The third kappa shape index (κ3) is 4.55. The summed E-state index contributed by atoms with van der Waals surface area (Å²) in [5.74, 6) is 1.05. The summed E-state index contributed by atoms with van der Waals surface area (Å²) in [6.45, 7) is 3.57. The molecule has 0 unspecified atom stereocenters. The van der Waals surface area contributed by atoms with Gasteiger partial charge in [-0.3, -0.25) is 4.79 Å². The molecule has 2 aliphatic heterocycles. The average molecular weight is 501 g/mol. The second-order valence-electron chi connectivity index (χ2n) is 8.34. The highest BCUT2D eigenvalue weighted by atomic mass is 35.5. The van der Waals surface area contributed by atoms with E-state index in [9.17, 15) is 18.0 Å². The molecule has 1 saturated heterocycles. The van der Waals surface area contributed by atoms with Crippen molar-refractivity contribution in [3.8, 4) is 11.5 Å². The molecule has 35 heavy (non-hydrogen) atoms. The van der Waals surface area contributed by atoms with E-state index in [0.717, 1.165) is 17.7 Å². The smallest absolute Gasteiger partial charge is 0.416 e. The molecule has 3 aromatic rings. The number of rotatable bonds is 1. The van der Waals surface area contributed by atoms with Crippen molar-refractivity contribution in [3.05, 3.63) is 82.1 Å². The second-order valence-corrected chi connectivity index (χ2v) is 8.70. The third-order valence-corrected chi connectivity index (χ3v) is 6.27. The summed E-state index contributed by atoms with van der Waals surface area (Å²) in [5, 5.41) is 0.145. The number of aryl methyl sites for hydroxylation is 1. The summed E-state index contributed by atoms with van der Waals surface area (Å²) in [7, 11) is 0. The van der Waals surface area contributed by atoms with Crippen molar-refractivity contribution in [3.63, 3.8) is 0 Å². The van der Waals surface area contributed by atoms with Gasteiger partial charge in [0.1, 0.15) is 22.4 Å². The standard InChI is InChI=1S/C25H20ClF3N4O2/c1-15-4-6-20-18(13-15)23(31-19-14-16(25(27,28)29)5-7-21(19)35-20)32-9-11-33(12-10-32)24(34)17-3-2-8-30-22(17)26/h2-8,13-14H,9-12H2,1H3. The maximum atomic E-state index is 13.4. The van der Waals surface area contributed by atoms with Gasteiger partial charge in [-0.2, -0.15) is 13.2 Å². The number of hydrogen-bond acceptors (Lipinski definition) is 5. The number of pyridine rings is 1. The molecule has 3 heterocycles. The molecule has 0 N–H and O–H groups in total. The van der Waals surface area contributed by atoms with Gasteiger partial charge in [0.2, 0.25) is 0 Å². The maximum absolute atomic E-state index is 13.4. The third-order valence-electron chi connectivity index (χ3n) is 5.96. The van der Waals surface area contributed by atoms with Crippen LogP contribution in [0.3, 0.4) is 0 Å². The van der Waals surface area contributed by atoms with Crippen LogP contribution in [0.5, 0.6) is 11.5 Å². The fourth-order valence-electron chi connectivity index (χ4n) is 4.15. The predicted octanol–water partition coefficient (Wildman–Crippen LogP) is 5.70. The van der Waals surface area contributed by atoms with Gasteiger partial charge >= 0.3 is 6.18 Å². The minimum atomic E-state index is -4.50. The quantitative estimate of drug-likeness (QED) is 0.402. The minimum absolute atomic E-state index is 0.101. The molecule has 2 aliphatic rings. The van der Waals surface area contributed by atoms with Gasteiger partial charge < -0.3 is 14.5 Å². The number of fused-ring (bicyclic) bond motifs is 2. The van der Waals surface area contributed by atoms with Crippen LogP contribution in [0.1, 0.15) is 27.0 Å². The van der Waals surface area contributed by atoms with E-state index in [4.69, 9.17) is 16.3 Å². The van der Waals surface area contributed by atoms with Crippen LogP contribution in [0, 0.1) is 6.92 Å². The molecule has 0 bridgehead atoms. The fourth-order valence-corrected chi connectivity index (χ4v) is 4.35. The number of carbonyl (C=O) groups excluding carboxylic acids is 1. The monoisotopic (exact) mass is 500 g/mol. The number of carbonyl (C=O) groups is 1. The normalized spacial score (nSPS) is 15.5. The Morgan fingerprint density at radius 1 is 1.03 bits per heavy atom. The minimum Gasteiger partial charge on any atom is -0.454 e. The number of halogens is 4. The first kappa shape index (κ1) is 23.2. The summed E-state index contributed by atoms with van der Waals surface area (Å²) >= 11 is 6.09. The lowest BCUT2D eigenvalue weighted by molar-refractivity contribution is -0.137. The van der Waals surface area contributed by atoms with Crippen LogP contribution >= 0.6 is 11.6 Å². The Kier molecular flexibility index (Phi) is 5.88. The first-order valence-electron chi connectivity index (χ1n) is 10.9. The van der Waals surface area contributed by atoms with E-state index < -0.39 is 11.7 Å². The molecule has 5 rings (SSSR count). The molecule has 0 atom stereocenters. The van der Waals surface area contributed by atoms with Gasteiger partial charge in [0.05, 0.1) is 16.7 Å². The SMILES string of the molecule is Cc1ccc2c(c1)C(N1CCN(C(=O)c3cccnc3Cl)CC1)=Nc1cc(C(F)(F)F)ccc1O2. The van der Waals surface area contributed by atoms with Crippen LogP contribution in [0.4, 0.5) is 18.9 Å². The molecule has 0 aliphatic carbocycles. The Hall–Kier alpha value is -3.59. The van der Waals surface area contributed by atoms with Crippen molar-refractivity contribution in [2.24, 2.45) is 4.99 Å². The molecule has 180 valence electrons. The van der Waals surface area contributed by atoms with Crippen LogP contribution in [-0.2, 0) is 6.18 Å². The molecular formula is C25H20ClF3N4O2. The van der Waals surface area contributed by atoms with Crippen LogP contribution in [0.2, 0.25) is 5.15 Å². The molecule has 0 spiro atoms. The lowest BCUT2D eigenvalue weighted by Crippen LogP contribution is -2.50. The van der Waals surface area contributed by atoms with Crippen LogP contribution < -0.4 is 4.74 Å². The molecule has 0 saturated carbocycles. The number of benzene rings is 2. The Labute approximate surface area is 204 Å². The van der Waals surface area contributed by atoms with Crippen molar-refractivity contribution in [1.82, 2.24) is 14.8 Å². The van der Waals surface area contributed by atoms with Crippen molar-refractivity contribution >= 4 is 29.0 Å². The first-order valence-corrected chi connectivity index (χ1v) is 11.3. The molecule has 1 aromatic heterocycles. The zero-order valence-corrected chi connectivity index (χ0v) is 19.4. The first-order chi connectivity index (χ1) is 16.7. The van der Waals surface area contributed by atoms with Crippen molar-refractivity contribution in [1.29, 1.82) is 0 Å². The summed E-state index contributed by atoms with van der Waals surface area (Å²) in [6, 6.07) is 12.1. The van der Waals surface area contributed by atoms with Crippen molar-refractivity contribution in [2.45, 2.75) is 13.1 Å². The molecule has 10 heteroatoms. The summed E-state index contributed by atoms with van der Waals surface area (Å²) < 4.78 is 46.1. The van der Waals surface area contributed by atoms with E-state index >= 15 is 0 Å². The molecule has 1 fully saturated rings. The Bertz CT molecular complexity index is 1330. The second kappa shape index (κ2) is 8.88. The number of aromatic nitrogens is 1. The van der Waals surface area contributed by atoms with Gasteiger partial charge in [-0.05, 0) is 49.4 Å². The number of amides is 1. The average Bonchev–Trinajstić information content (AvgIpc) is 2.99. The lowest BCUT2D eigenvalue weighted by atomic mass is 10.1. The number of nitrogens with zero attached hydrogens (tertiary/aromatic N) is 4. The van der Waals surface area contributed by atoms with Gasteiger partial charge in [0.25, 0.3) is 5.91 Å². The van der Waals surface area contributed by atoms with Crippen molar-refractivity contribution < 1.29 is 22.7 Å². The number of aliphatic imine (C=N–C) groups is 1. The van der Waals surface area contributed by atoms with E-state index in [1.807, 2.05) is 24.0 Å². The van der Waals surface area contributed by atoms with Gasteiger partial charge in [-0.1, -0.05) is 23.2 Å². The number of alkyl halides is 3. The molecule has 1 amide bonds. The highest BCUT2D eigenvalue weighted by molar-refractivity contribution is 6.32. The molecule has 2 aromatic carbocycles. The fraction of sp³-hybridized carbons (Fsp3) is 0.240. The Morgan fingerprint density at radius 2 is 1.77 bits per heavy atom. The lowest BCUT2D eigenvalue weighted by Gasteiger charge is -2.36. The van der Waals surface area contributed by atoms with E-state index in [1.54, 1.807) is 23.1 Å².